The van der Waals surface area contributed by atoms with Gasteiger partial charge in [0, 0.05) is 23.4 Å². The van der Waals surface area contributed by atoms with Gasteiger partial charge < -0.3 is 15.4 Å². The molecule has 4 aromatic rings. The zero-order valence-corrected chi connectivity index (χ0v) is 18.5. The zero-order valence-electron chi connectivity index (χ0n) is 17.7. The Kier molecular flexibility index (Phi) is 6.42. The largest absolute Gasteiger partial charge is 0.465 e. The van der Waals surface area contributed by atoms with Crippen LogP contribution in [0.25, 0.3) is 21.3 Å². The van der Waals surface area contributed by atoms with E-state index in [0.29, 0.717) is 23.6 Å². The molecule has 2 N–H and O–H groups in total. The lowest BCUT2D eigenvalue weighted by Crippen LogP contribution is -2.18. The standard InChI is InChI=1S/C24H22N4O3S/c1-15-20(16-8-4-3-5-9-16)21-22(26-14-27-23(21)32-15)25-13-12-19(29)28-18-11-7-6-10-17(18)24(30)31-2/h3-11,14H,12-13H2,1-2H3,(H,28,29)(H,25,26,27). The highest BCUT2D eigenvalue weighted by atomic mass is 32.1. The van der Waals surface area contributed by atoms with Gasteiger partial charge in [-0.25, -0.2) is 14.8 Å². The van der Waals surface area contributed by atoms with Crippen molar-refractivity contribution in [1.29, 1.82) is 0 Å². The number of aryl methyl sites for hydroxylation is 1. The number of nitrogens with zero attached hydrogens (tertiary/aromatic N) is 2. The summed E-state index contributed by atoms with van der Waals surface area (Å²) in [4.78, 5) is 35.3. The van der Waals surface area contributed by atoms with E-state index in [1.807, 2.05) is 18.2 Å². The van der Waals surface area contributed by atoms with Gasteiger partial charge in [0.2, 0.25) is 5.91 Å². The fourth-order valence-corrected chi connectivity index (χ4v) is 4.53. The number of fused-ring (bicyclic) bond motifs is 1. The summed E-state index contributed by atoms with van der Waals surface area (Å²) in [6.07, 6.45) is 1.73. The normalized spacial score (nSPS) is 10.7. The highest BCUT2D eigenvalue weighted by Gasteiger charge is 2.17. The second kappa shape index (κ2) is 9.57. The monoisotopic (exact) mass is 446 g/mol. The maximum Gasteiger partial charge on any atom is 0.339 e. The van der Waals surface area contributed by atoms with Gasteiger partial charge in [0.15, 0.2) is 0 Å². The maximum absolute atomic E-state index is 12.5. The molecule has 2 aromatic carbocycles. The molecule has 0 aliphatic rings. The molecule has 1 amide bonds. The van der Waals surface area contributed by atoms with E-state index in [0.717, 1.165) is 26.2 Å². The van der Waals surface area contributed by atoms with Crippen molar-refractivity contribution in [1.82, 2.24) is 9.97 Å². The number of benzene rings is 2. The second-order valence-electron chi connectivity index (χ2n) is 7.06. The van der Waals surface area contributed by atoms with Gasteiger partial charge in [0.1, 0.15) is 17.0 Å². The van der Waals surface area contributed by atoms with Crippen molar-refractivity contribution >= 4 is 44.9 Å². The molecule has 8 heteroatoms. The van der Waals surface area contributed by atoms with Crippen LogP contribution in [0.2, 0.25) is 0 Å². The number of nitrogens with one attached hydrogen (secondary N) is 2. The Bertz CT molecular complexity index is 1270. The summed E-state index contributed by atoms with van der Waals surface area (Å²) in [5.74, 6) is -0.0198. The average Bonchev–Trinajstić information content (AvgIpc) is 3.16. The molecule has 0 unspecified atom stereocenters. The van der Waals surface area contributed by atoms with E-state index in [4.69, 9.17) is 4.74 Å². The molecule has 0 fully saturated rings. The highest BCUT2D eigenvalue weighted by Crippen LogP contribution is 2.40. The minimum Gasteiger partial charge on any atom is -0.465 e. The molecule has 2 heterocycles. The van der Waals surface area contributed by atoms with Crippen molar-refractivity contribution in [3.05, 3.63) is 71.4 Å². The number of carbonyl (C=O) groups excluding carboxylic acids is 2. The molecule has 0 saturated heterocycles. The number of para-hydroxylation sites is 1. The van der Waals surface area contributed by atoms with E-state index in [1.54, 1.807) is 35.6 Å². The summed E-state index contributed by atoms with van der Waals surface area (Å²) in [7, 11) is 1.31. The lowest BCUT2D eigenvalue weighted by atomic mass is 10.0. The number of esters is 1. The summed E-state index contributed by atoms with van der Waals surface area (Å²) < 4.78 is 4.77. The third kappa shape index (κ3) is 4.45. The Labute approximate surface area is 189 Å². The molecule has 0 atom stereocenters. The molecule has 0 aliphatic carbocycles. The lowest BCUT2D eigenvalue weighted by Gasteiger charge is -2.11. The van der Waals surface area contributed by atoms with E-state index in [1.165, 1.54) is 13.4 Å². The van der Waals surface area contributed by atoms with Crippen molar-refractivity contribution in [3.63, 3.8) is 0 Å². The van der Waals surface area contributed by atoms with Crippen LogP contribution in [0.1, 0.15) is 21.7 Å². The first-order valence-electron chi connectivity index (χ1n) is 10.1. The predicted octanol–water partition coefficient (Wildman–Crippen LogP) is 4.89. The van der Waals surface area contributed by atoms with Crippen LogP contribution in [0, 0.1) is 6.92 Å². The van der Waals surface area contributed by atoms with E-state index in [-0.39, 0.29) is 12.3 Å². The van der Waals surface area contributed by atoms with Crippen molar-refractivity contribution < 1.29 is 14.3 Å². The van der Waals surface area contributed by atoms with E-state index < -0.39 is 5.97 Å². The molecule has 162 valence electrons. The molecule has 0 radical (unpaired) electrons. The van der Waals surface area contributed by atoms with Crippen LogP contribution in [0.15, 0.2) is 60.9 Å². The highest BCUT2D eigenvalue weighted by molar-refractivity contribution is 7.19. The van der Waals surface area contributed by atoms with Gasteiger partial charge in [0.05, 0.1) is 23.7 Å². The summed E-state index contributed by atoms with van der Waals surface area (Å²) in [6.45, 7) is 2.45. The molecule has 32 heavy (non-hydrogen) atoms. The van der Waals surface area contributed by atoms with Crippen LogP contribution >= 0.6 is 11.3 Å². The zero-order chi connectivity index (χ0) is 22.5. The third-order valence-corrected chi connectivity index (χ3v) is 5.99. The van der Waals surface area contributed by atoms with Gasteiger partial charge in [-0.3, -0.25) is 4.79 Å². The van der Waals surface area contributed by atoms with Crippen LogP contribution in [-0.4, -0.2) is 35.5 Å². The molecule has 0 saturated carbocycles. The van der Waals surface area contributed by atoms with E-state index >= 15 is 0 Å². The molecule has 2 aromatic heterocycles. The first-order valence-corrected chi connectivity index (χ1v) is 10.9. The Hall–Kier alpha value is -3.78. The third-order valence-electron chi connectivity index (χ3n) is 4.98. The van der Waals surface area contributed by atoms with Crippen LogP contribution in [0.5, 0.6) is 0 Å². The maximum atomic E-state index is 12.5. The number of hydrogen-bond donors (Lipinski definition) is 2. The number of amides is 1. The Morgan fingerprint density at radius 3 is 2.56 bits per heavy atom. The fraction of sp³-hybridized carbons (Fsp3) is 0.167. The van der Waals surface area contributed by atoms with Crippen LogP contribution < -0.4 is 10.6 Å². The van der Waals surface area contributed by atoms with Crippen LogP contribution in [0.4, 0.5) is 11.5 Å². The van der Waals surface area contributed by atoms with Gasteiger partial charge in [-0.2, -0.15) is 0 Å². The minimum atomic E-state index is -0.497. The Balaban J connectivity index is 1.49. The Morgan fingerprint density at radius 1 is 1.03 bits per heavy atom. The molecule has 7 nitrogen and oxygen atoms in total. The number of hydrogen-bond acceptors (Lipinski definition) is 7. The van der Waals surface area contributed by atoms with Crippen LogP contribution in [0.3, 0.4) is 0 Å². The van der Waals surface area contributed by atoms with Crippen molar-refractivity contribution in [2.75, 3.05) is 24.3 Å². The lowest BCUT2D eigenvalue weighted by molar-refractivity contribution is -0.115. The van der Waals surface area contributed by atoms with E-state index in [9.17, 15) is 9.59 Å². The number of carbonyl (C=O) groups is 2. The fourth-order valence-electron chi connectivity index (χ4n) is 3.52. The van der Waals surface area contributed by atoms with Crippen LogP contribution in [-0.2, 0) is 9.53 Å². The number of anilines is 2. The first kappa shape index (κ1) is 21.5. The number of thiophene rings is 1. The summed E-state index contributed by atoms with van der Waals surface area (Å²) in [6, 6.07) is 16.9. The van der Waals surface area contributed by atoms with Gasteiger partial charge in [-0.1, -0.05) is 42.5 Å². The molecule has 0 aliphatic heterocycles. The smallest absolute Gasteiger partial charge is 0.339 e. The van der Waals surface area contributed by atoms with Crippen molar-refractivity contribution in [2.24, 2.45) is 0 Å². The van der Waals surface area contributed by atoms with Gasteiger partial charge in [-0.15, -0.1) is 11.3 Å². The number of aromatic nitrogens is 2. The Morgan fingerprint density at radius 2 is 1.78 bits per heavy atom. The summed E-state index contributed by atoms with van der Waals surface area (Å²) in [5.41, 5.74) is 2.94. The summed E-state index contributed by atoms with van der Waals surface area (Å²) >= 11 is 1.62. The van der Waals surface area contributed by atoms with Crippen molar-refractivity contribution in [2.45, 2.75) is 13.3 Å². The second-order valence-corrected chi connectivity index (χ2v) is 8.27. The summed E-state index contributed by atoms with van der Waals surface area (Å²) in [5, 5.41) is 7.02. The van der Waals surface area contributed by atoms with E-state index in [2.05, 4.69) is 39.7 Å². The molecular weight excluding hydrogens is 424 g/mol. The number of methoxy groups -OCH3 is 1. The van der Waals surface area contributed by atoms with Crippen molar-refractivity contribution in [3.8, 4) is 11.1 Å². The first-order chi connectivity index (χ1) is 15.6. The molecule has 0 spiro atoms. The number of rotatable bonds is 7. The average molecular weight is 447 g/mol. The van der Waals surface area contributed by atoms with Gasteiger partial charge >= 0.3 is 5.97 Å². The topological polar surface area (TPSA) is 93.2 Å². The van der Waals surface area contributed by atoms with Gasteiger partial charge in [0.25, 0.3) is 0 Å². The number of ether oxygens (including phenoxy) is 1. The molecule has 0 bridgehead atoms. The van der Waals surface area contributed by atoms with Gasteiger partial charge in [-0.05, 0) is 24.6 Å². The predicted molar refractivity (Wildman–Crippen MR) is 127 cm³/mol. The quantitative estimate of drug-likeness (QED) is 0.393. The minimum absolute atomic E-state index is 0.199. The molecule has 4 rings (SSSR count). The SMILES string of the molecule is COC(=O)c1ccccc1NC(=O)CCNc1ncnc2sc(C)c(-c3ccccc3)c12. The molecular formula is C24H22N4O3S.